The normalized spacial score (nSPS) is 10.4. The molecule has 88 valence electrons. The van der Waals surface area contributed by atoms with Crippen LogP contribution >= 0.6 is 23.3 Å². The number of hydrogen-bond acceptors (Lipinski definition) is 5. The fraction of sp³-hybridized carbons (Fsp3) is 0.182. The van der Waals surface area contributed by atoms with E-state index in [1.807, 2.05) is 30.3 Å². The molecule has 1 N–H and O–H groups in total. The van der Waals surface area contributed by atoms with Gasteiger partial charge in [0.25, 0.3) is 0 Å². The standard InChI is InChI=1S/C11H10N2O2S2/c14-9(15)6-7-16-11-12-10(13-17-11)8-4-2-1-3-5-8/h1-5H,6-7H2,(H,14,15). The average Bonchev–Trinajstić information content (AvgIpc) is 2.78. The highest BCUT2D eigenvalue weighted by molar-refractivity contribution is 8.00. The summed E-state index contributed by atoms with van der Waals surface area (Å²) in [6, 6.07) is 9.72. The summed E-state index contributed by atoms with van der Waals surface area (Å²) in [5.74, 6) is 0.442. The summed E-state index contributed by atoms with van der Waals surface area (Å²) in [6.07, 6.45) is 0.144. The first-order valence-electron chi connectivity index (χ1n) is 4.99. The summed E-state index contributed by atoms with van der Waals surface area (Å²) in [7, 11) is 0. The summed E-state index contributed by atoms with van der Waals surface area (Å²) in [5.41, 5.74) is 0.980. The summed E-state index contributed by atoms with van der Waals surface area (Å²) < 4.78 is 5.06. The van der Waals surface area contributed by atoms with E-state index < -0.39 is 5.97 Å². The number of carboxylic acids is 1. The zero-order valence-electron chi connectivity index (χ0n) is 8.87. The molecule has 0 fully saturated rings. The van der Waals surface area contributed by atoms with Gasteiger partial charge in [-0.3, -0.25) is 4.79 Å². The molecule has 0 aliphatic carbocycles. The minimum absolute atomic E-state index is 0.144. The van der Waals surface area contributed by atoms with Gasteiger partial charge in [-0.15, -0.1) is 0 Å². The maximum atomic E-state index is 10.4. The SMILES string of the molecule is O=C(O)CCSc1nc(-c2ccccc2)ns1. The van der Waals surface area contributed by atoms with Crippen LogP contribution < -0.4 is 0 Å². The van der Waals surface area contributed by atoms with Crippen molar-refractivity contribution in [2.75, 3.05) is 5.75 Å². The zero-order valence-corrected chi connectivity index (χ0v) is 10.5. The van der Waals surface area contributed by atoms with Gasteiger partial charge >= 0.3 is 5.97 Å². The van der Waals surface area contributed by atoms with E-state index in [9.17, 15) is 4.79 Å². The van der Waals surface area contributed by atoms with Crippen molar-refractivity contribution < 1.29 is 9.90 Å². The van der Waals surface area contributed by atoms with Crippen LogP contribution in [0.25, 0.3) is 11.4 Å². The lowest BCUT2D eigenvalue weighted by atomic mass is 10.2. The molecular formula is C11H10N2O2S2. The Labute approximate surface area is 107 Å². The number of carboxylic acid groups (broad SMARTS) is 1. The quantitative estimate of drug-likeness (QED) is 0.843. The van der Waals surface area contributed by atoms with E-state index in [0.29, 0.717) is 11.6 Å². The molecule has 2 rings (SSSR count). The zero-order chi connectivity index (χ0) is 12.1. The van der Waals surface area contributed by atoms with Crippen molar-refractivity contribution in [2.45, 2.75) is 10.8 Å². The predicted molar refractivity (Wildman–Crippen MR) is 68.3 cm³/mol. The van der Waals surface area contributed by atoms with Gasteiger partial charge in [0.05, 0.1) is 6.42 Å². The van der Waals surface area contributed by atoms with Crippen molar-refractivity contribution in [1.29, 1.82) is 0 Å². The highest BCUT2D eigenvalue weighted by Gasteiger charge is 2.07. The van der Waals surface area contributed by atoms with E-state index >= 15 is 0 Å². The molecule has 0 aliphatic heterocycles. The highest BCUT2D eigenvalue weighted by atomic mass is 32.2. The van der Waals surface area contributed by atoms with E-state index in [-0.39, 0.29) is 6.42 Å². The van der Waals surface area contributed by atoms with Crippen LogP contribution in [0.3, 0.4) is 0 Å². The molecule has 0 unspecified atom stereocenters. The minimum atomic E-state index is -0.787. The molecule has 0 aliphatic rings. The lowest BCUT2D eigenvalue weighted by molar-refractivity contribution is -0.136. The molecule has 0 saturated heterocycles. The van der Waals surface area contributed by atoms with E-state index in [4.69, 9.17) is 5.11 Å². The van der Waals surface area contributed by atoms with Crippen molar-refractivity contribution in [2.24, 2.45) is 0 Å². The number of aliphatic carboxylic acids is 1. The Balaban J connectivity index is 1.99. The Morgan fingerprint density at radius 1 is 1.35 bits per heavy atom. The minimum Gasteiger partial charge on any atom is -0.481 e. The van der Waals surface area contributed by atoms with Crippen LogP contribution in [0.2, 0.25) is 0 Å². The first kappa shape index (κ1) is 12.1. The number of aromatic nitrogens is 2. The van der Waals surface area contributed by atoms with Crippen molar-refractivity contribution in [3.05, 3.63) is 30.3 Å². The van der Waals surface area contributed by atoms with Gasteiger partial charge in [0.2, 0.25) is 0 Å². The monoisotopic (exact) mass is 266 g/mol. The van der Waals surface area contributed by atoms with Crippen LogP contribution in [-0.4, -0.2) is 26.2 Å². The number of carbonyl (C=O) groups is 1. The fourth-order valence-electron chi connectivity index (χ4n) is 1.20. The largest absolute Gasteiger partial charge is 0.481 e. The van der Waals surface area contributed by atoms with Gasteiger partial charge < -0.3 is 5.11 Å². The number of hydrogen-bond donors (Lipinski definition) is 1. The fourth-order valence-corrected chi connectivity index (χ4v) is 2.81. The lowest BCUT2D eigenvalue weighted by Gasteiger charge is -1.93. The van der Waals surface area contributed by atoms with Crippen molar-refractivity contribution >= 4 is 29.3 Å². The molecule has 0 saturated carbocycles. The van der Waals surface area contributed by atoms with Crippen LogP contribution in [0.4, 0.5) is 0 Å². The van der Waals surface area contributed by atoms with Gasteiger partial charge in [-0.25, -0.2) is 4.98 Å². The van der Waals surface area contributed by atoms with Crippen LogP contribution in [0.5, 0.6) is 0 Å². The molecule has 6 heteroatoms. The van der Waals surface area contributed by atoms with Crippen molar-refractivity contribution in [3.8, 4) is 11.4 Å². The third-order valence-electron chi connectivity index (χ3n) is 1.98. The number of thioether (sulfide) groups is 1. The third-order valence-corrected chi connectivity index (χ3v) is 3.82. The van der Waals surface area contributed by atoms with Gasteiger partial charge in [0, 0.05) is 11.3 Å². The third kappa shape index (κ3) is 3.54. The number of benzene rings is 1. The van der Waals surface area contributed by atoms with Gasteiger partial charge in [-0.1, -0.05) is 42.1 Å². The molecule has 17 heavy (non-hydrogen) atoms. The molecule has 1 heterocycles. The lowest BCUT2D eigenvalue weighted by Crippen LogP contribution is -1.95. The van der Waals surface area contributed by atoms with Gasteiger partial charge in [0.1, 0.15) is 0 Å². The highest BCUT2D eigenvalue weighted by Crippen LogP contribution is 2.25. The van der Waals surface area contributed by atoms with E-state index in [1.54, 1.807) is 0 Å². The van der Waals surface area contributed by atoms with Gasteiger partial charge in [0.15, 0.2) is 10.2 Å². The molecule has 1 aromatic carbocycles. The maximum Gasteiger partial charge on any atom is 0.304 e. The molecule has 0 radical (unpaired) electrons. The number of rotatable bonds is 5. The molecular weight excluding hydrogens is 256 g/mol. The Hall–Kier alpha value is -1.40. The second-order valence-corrected chi connectivity index (χ2v) is 5.34. The topological polar surface area (TPSA) is 63.1 Å². The molecule has 2 aromatic rings. The first-order valence-corrected chi connectivity index (χ1v) is 6.75. The smallest absolute Gasteiger partial charge is 0.304 e. The van der Waals surface area contributed by atoms with Crippen molar-refractivity contribution in [1.82, 2.24) is 9.36 Å². The first-order chi connectivity index (χ1) is 8.25. The van der Waals surface area contributed by atoms with Crippen LogP contribution in [-0.2, 0) is 4.79 Å². The summed E-state index contributed by atoms with van der Waals surface area (Å²) in [4.78, 5) is 14.7. The molecule has 0 bridgehead atoms. The molecule has 0 amide bonds. The van der Waals surface area contributed by atoms with Crippen LogP contribution in [0.15, 0.2) is 34.7 Å². The molecule has 0 atom stereocenters. The average molecular weight is 266 g/mol. The number of nitrogens with zero attached hydrogens (tertiary/aromatic N) is 2. The second kappa shape index (κ2) is 5.79. The Bertz CT molecular complexity index is 499. The van der Waals surface area contributed by atoms with E-state index in [0.717, 1.165) is 9.90 Å². The van der Waals surface area contributed by atoms with Crippen LogP contribution in [0.1, 0.15) is 6.42 Å². The Morgan fingerprint density at radius 3 is 2.82 bits per heavy atom. The van der Waals surface area contributed by atoms with Crippen molar-refractivity contribution in [3.63, 3.8) is 0 Å². The van der Waals surface area contributed by atoms with Gasteiger partial charge in [-0.05, 0) is 11.5 Å². The van der Waals surface area contributed by atoms with E-state index in [2.05, 4.69) is 9.36 Å². The predicted octanol–water partition coefficient (Wildman–Crippen LogP) is 2.77. The maximum absolute atomic E-state index is 10.4. The Kier molecular flexibility index (Phi) is 4.11. The molecule has 4 nitrogen and oxygen atoms in total. The van der Waals surface area contributed by atoms with Crippen LogP contribution in [0, 0.1) is 0 Å². The molecule has 1 aromatic heterocycles. The summed E-state index contributed by atoms with van der Waals surface area (Å²) >= 11 is 2.73. The second-order valence-electron chi connectivity index (χ2n) is 3.24. The van der Waals surface area contributed by atoms with E-state index in [1.165, 1.54) is 23.3 Å². The summed E-state index contributed by atoms with van der Waals surface area (Å²) in [6.45, 7) is 0. The van der Waals surface area contributed by atoms with Gasteiger partial charge in [-0.2, -0.15) is 4.37 Å². The molecule has 0 spiro atoms. The summed E-state index contributed by atoms with van der Waals surface area (Å²) in [5, 5.41) is 8.53. The Morgan fingerprint density at radius 2 is 2.12 bits per heavy atom.